The topological polar surface area (TPSA) is 173 Å². The highest BCUT2D eigenvalue weighted by molar-refractivity contribution is 6.24. The predicted molar refractivity (Wildman–Crippen MR) is 142 cm³/mol. The SMILES string of the molecule is CCN(C(C)C)[C@@H]1C(O)=C(C(N)=O)C(=O)[C@@]2(O)C(O)=C3C(=O)c4c(O)cc(C5CCCN5)c(C(F)(F)F)c4C[C@H]3C[C@@H]12. The van der Waals surface area contributed by atoms with E-state index in [2.05, 4.69) is 5.32 Å². The second kappa shape index (κ2) is 10.1. The summed E-state index contributed by atoms with van der Waals surface area (Å²) in [4.78, 5) is 41.3. The van der Waals surface area contributed by atoms with Gasteiger partial charge in [0, 0.05) is 23.6 Å². The maximum absolute atomic E-state index is 14.6. The Hall–Kier alpha value is -3.42. The number of hydrogen-bond acceptors (Lipinski definition) is 9. The van der Waals surface area contributed by atoms with Gasteiger partial charge >= 0.3 is 6.18 Å². The van der Waals surface area contributed by atoms with Gasteiger partial charge < -0.3 is 31.5 Å². The number of hydrogen-bond donors (Lipinski definition) is 6. The number of phenols is 1. The summed E-state index contributed by atoms with van der Waals surface area (Å²) in [5.41, 5.74) is -1.20. The van der Waals surface area contributed by atoms with E-state index >= 15 is 0 Å². The first-order chi connectivity index (χ1) is 19.6. The Kier molecular flexibility index (Phi) is 7.22. The van der Waals surface area contributed by atoms with Crippen molar-refractivity contribution < 1.29 is 48.0 Å². The van der Waals surface area contributed by atoms with Crippen molar-refractivity contribution in [3.63, 3.8) is 0 Å². The molecule has 10 nitrogen and oxygen atoms in total. The van der Waals surface area contributed by atoms with E-state index in [4.69, 9.17) is 5.73 Å². The van der Waals surface area contributed by atoms with Crippen LogP contribution in [0.3, 0.4) is 0 Å². The van der Waals surface area contributed by atoms with E-state index in [0.29, 0.717) is 19.4 Å². The number of likely N-dealkylation sites (N-methyl/N-ethyl adjacent to an activating group) is 1. The lowest BCUT2D eigenvalue weighted by molar-refractivity contribution is -0.150. The molecule has 1 aromatic rings. The van der Waals surface area contributed by atoms with E-state index in [1.807, 2.05) is 0 Å². The monoisotopic (exact) mass is 593 g/mol. The smallest absolute Gasteiger partial charge is 0.417 e. The van der Waals surface area contributed by atoms with Crippen molar-refractivity contribution in [2.45, 2.75) is 76.4 Å². The van der Waals surface area contributed by atoms with Crippen LogP contribution in [0, 0.1) is 11.8 Å². The lowest BCUT2D eigenvalue weighted by atomic mass is 9.58. The van der Waals surface area contributed by atoms with Gasteiger partial charge in [0.15, 0.2) is 11.4 Å². The third kappa shape index (κ3) is 4.15. The Bertz CT molecular complexity index is 1440. The summed E-state index contributed by atoms with van der Waals surface area (Å²) in [5.74, 6) is -8.89. The third-order valence-electron chi connectivity index (χ3n) is 9.30. The van der Waals surface area contributed by atoms with E-state index in [-0.39, 0.29) is 24.6 Å². The maximum atomic E-state index is 14.6. The minimum Gasteiger partial charge on any atom is -0.510 e. The highest BCUT2D eigenvalue weighted by Crippen LogP contribution is 2.54. The van der Waals surface area contributed by atoms with Crippen molar-refractivity contribution in [1.82, 2.24) is 10.2 Å². The quantitative estimate of drug-likeness (QED) is 0.281. The van der Waals surface area contributed by atoms with Crippen LogP contribution in [-0.4, -0.2) is 73.6 Å². The van der Waals surface area contributed by atoms with Gasteiger partial charge in [0.2, 0.25) is 5.78 Å². The molecule has 1 aromatic carbocycles. The van der Waals surface area contributed by atoms with E-state index in [1.54, 1.807) is 25.7 Å². The van der Waals surface area contributed by atoms with E-state index in [0.717, 1.165) is 6.07 Å². The lowest BCUT2D eigenvalue weighted by Gasteiger charge is -2.52. The minimum atomic E-state index is -4.88. The standard InChI is InChI=1S/C29H34F3N3O7/c1-4-35(11(2)3)22-15-9-12-8-14-19(17(36)10-13(16-6-5-7-34-16)21(14)29(30,31)32)23(37)18(12)25(39)28(15,42)26(40)20(24(22)38)27(33)41/h10-12,15-16,22,34,36,38-39,42H,4-9H2,1-3H3,(H2,33,41)/t12-,15-,16?,22-,28-/m0/s1. The van der Waals surface area contributed by atoms with Crippen LogP contribution in [0.2, 0.25) is 0 Å². The number of amides is 1. The van der Waals surface area contributed by atoms with Crippen LogP contribution < -0.4 is 11.1 Å². The first kappa shape index (κ1) is 30.1. The van der Waals surface area contributed by atoms with Crippen LogP contribution in [0.25, 0.3) is 0 Å². The van der Waals surface area contributed by atoms with Crippen LogP contribution in [0.5, 0.6) is 5.75 Å². The van der Waals surface area contributed by atoms with Crippen molar-refractivity contribution in [3.05, 3.63) is 51.0 Å². The van der Waals surface area contributed by atoms with Crippen molar-refractivity contribution in [2.75, 3.05) is 13.1 Å². The number of nitrogens with two attached hydrogens (primary N) is 1. The van der Waals surface area contributed by atoms with Crippen molar-refractivity contribution in [1.29, 1.82) is 0 Å². The van der Waals surface area contributed by atoms with Crippen LogP contribution in [0.1, 0.15) is 73.1 Å². The van der Waals surface area contributed by atoms with Gasteiger partial charge in [-0.25, -0.2) is 0 Å². The van der Waals surface area contributed by atoms with Crippen molar-refractivity contribution in [3.8, 4) is 5.75 Å². The largest absolute Gasteiger partial charge is 0.510 e. The number of primary amides is 1. The molecule has 228 valence electrons. The number of nitrogens with zero attached hydrogens (tertiary/aromatic N) is 1. The number of aromatic hydroxyl groups is 1. The summed E-state index contributed by atoms with van der Waals surface area (Å²) in [6, 6.07) is -1.32. The van der Waals surface area contributed by atoms with Crippen LogP contribution in [-0.2, 0) is 22.2 Å². The van der Waals surface area contributed by atoms with Crippen molar-refractivity contribution >= 4 is 17.5 Å². The molecule has 5 atom stereocenters. The molecule has 7 N–H and O–H groups in total. The molecular weight excluding hydrogens is 559 g/mol. The molecule has 0 saturated carbocycles. The average molecular weight is 594 g/mol. The fourth-order valence-corrected chi connectivity index (χ4v) is 7.58. The summed E-state index contributed by atoms with van der Waals surface area (Å²) in [6.07, 6.45) is -4.57. The Morgan fingerprint density at radius 1 is 1.24 bits per heavy atom. The number of aliphatic hydroxyl groups is 3. The Labute approximate surface area is 239 Å². The van der Waals surface area contributed by atoms with Crippen molar-refractivity contribution in [2.24, 2.45) is 17.6 Å². The number of alkyl halides is 3. The molecule has 5 rings (SSSR count). The number of rotatable bonds is 5. The number of benzene rings is 1. The Balaban J connectivity index is 1.75. The first-order valence-corrected chi connectivity index (χ1v) is 14.0. The lowest BCUT2D eigenvalue weighted by Crippen LogP contribution is -2.65. The number of allylic oxidation sites excluding steroid dienone is 1. The van der Waals surface area contributed by atoms with Crippen LogP contribution in [0.4, 0.5) is 13.2 Å². The first-order valence-electron chi connectivity index (χ1n) is 14.0. The average Bonchev–Trinajstić information content (AvgIpc) is 3.42. The van der Waals surface area contributed by atoms with Gasteiger partial charge in [-0.3, -0.25) is 19.3 Å². The van der Waals surface area contributed by atoms with Gasteiger partial charge in [-0.05, 0) is 75.7 Å². The predicted octanol–water partition coefficient (Wildman–Crippen LogP) is 2.73. The van der Waals surface area contributed by atoms with Gasteiger partial charge in [-0.1, -0.05) is 6.92 Å². The van der Waals surface area contributed by atoms with Gasteiger partial charge in [0.1, 0.15) is 22.8 Å². The molecule has 13 heteroatoms. The van der Waals surface area contributed by atoms with E-state index in [1.165, 1.54) is 0 Å². The molecule has 1 unspecified atom stereocenters. The number of fused-ring (bicyclic) bond motifs is 3. The summed E-state index contributed by atoms with van der Waals surface area (Å²) < 4.78 is 43.9. The Morgan fingerprint density at radius 3 is 2.43 bits per heavy atom. The molecule has 0 radical (unpaired) electrons. The summed E-state index contributed by atoms with van der Waals surface area (Å²) >= 11 is 0. The number of aliphatic hydroxyl groups excluding tert-OH is 2. The van der Waals surface area contributed by atoms with Crippen LogP contribution in [0.15, 0.2) is 28.7 Å². The Morgan fingerprint density at radius 2 is 1.90 bits per heavy atom. The van der Waals surface area contributed by atoms with Gasteiger partial charge in [-0.15, -0.1) is 0 Å². The van der Waals surface area contributed by atoms with Crippen LogP contribution >= 0.6 is 0 Å². The molecule has 4 aliphatic rings. The van der Waals surface area contributed by atoms with E-state index < -0.39 is 105 Å². The molecule has 3 aliphatic carbocycles. The third-order valence-corrected chi connectivity index (χ3v) is 9.30. The molecule has 1 heterocycles. The van der Waals surface area contributed by atoms with E-state index in [9.17, 15) is 48.0 Å². The molecule has 0 spiro atoms. The maximum Gasteiger partial charge on any atom is 0.417 e. The second-order valence-electron chi connectivity index (χ2n) is 11.8. The number of phenolic OH excluding ortho intramolecular Hbond substituents is 1. The minimum absolute atomic E-state index is 0.178. The van der Waals surface area contributed by atoms with Gasteiger partial charge in [-0.2, -0.15) is 13.2 Å². The molecule has 1 amide bonds. The summed E-state index contributed by atoms with van der Waals surface area (Å²) in [7, 11) is 0. The molecule has 0 aromatic heterocycles. The molecule has 1 aliphatic heterocycles. The summed E-state index contributed by atoms with van der Waals surface area (Å²) in [5, 5.41) is 48.4. The highest BCUT2D eigenvalue weighted by Gasteiger charge is 2.64. The normalized spacial score (nSPS) is 29.7. The molecule has 1 fully saturated rings. The molecule has 0 bridgehead atoms. The second-order valence-corrected chi connectivity index (χ2v) is 11.8. The number of carbonyl (C=O) groups excluding carboxylic acids is 3. The molecule has 1 saturated heterocycles. The number of ketones is 2. The number of Topliss-reactive ketones (excluding diaryl/α,β-unsaturated/α-hetero) is 2. The zero-order valence-corrected chi connectivity index (χ0v) is 23.4. The summed E-state index contributed by atoms with van der Waals surface area (Å²) in [6.45, 7) is 6.00. The fraction of sp³-hybridized carbons (Fsp3) is 0.552. The highest BCUT2D eigenvalue weighted by atomic mass is 19.4. The van der Waals surface area contributed by atoms with Gasteiger partial charge in [0.25, 0.3) is 5.91 Å². The number of halogens is 3. The molecular formula is C29H34F3N3O7. The fourth-order valence-electron chi connectivity index (χ4n) is 7.58. The zero-order chi connectivity index (χ0) is 31.0. The number of carbonyl (C=O) groups is 3. The molecule has 42 heavy (non-hydrogen) atoms. The van der Waals surface area contributed by atoms with Gasteiger partial charge in [0.05, 0.1) is 17.2 Å². The zero-order valence-electron chi connectivity index (χ0n) is 23.4. The number of nitrogens with one attached hydrogen (secondary N) is 1.